The van der Waals surface area contributed by atoms with Gasteiger partial charge in [0.2, 0.25) is 0 Å². The lowest BCUT2D eigenvalue weighted by molar-refractivity contribution is -0.398. The van der Waals surface area contributed by atoms with Gasteiger partial charge < -0.3 is 5.11 Å². The molecule has 0 amide bonds. The van der Waals surface area contributed by atoms with Gasteiger partial charge in [-0.3, -0.25) is 10.1 Å². The second kappa shape index (κ2) is 6.15. The SMILES string of the molecule is Cc1cc(C)n(-c2nnc(C)n2/N=C\c2cccc([N+](=O)[O-])c2[O-])n1. The molecule has 2 heterocycles. The van der Waals surface area contributed by atoms with E-state index in [1.54, 1.807) is 11.6 Å². The summed E-state index contributed by atoms with van der Waals surface area (Å²) in [5.41, 5.74) is 1.26. The molecule has 0 aliphatic heterocycles. The second-order valence-electron chi connectivity index (χ2n) is 5.40. The van der Waals surface area contributed by atoms with Gasteiger partial charge in [-0.05, 0) is 38.2 Å². The van der Waals surface area contributed by atoms with Gasteiger partial charge in [-0.15, -0.1) is 10.2 Å². The van der Waals surface area contributed by atoms with Crippen LogP contribution in [0.3, 0.4) is 0 Å². The number of hydrogen-bond acceptors (Lipinski definition) is 7. The summed E-state index contributed by atoms with van der Waals surface area (Å²) in [4.78, 5) is 10.1. The van der Waals surface area contributed by atoms with E-state index in [4.69, 9.17) is 0 Å². The molecular formula is C15H14N7O3-. The number of para-hydroxylation sites is 1. The van der Waals surface area contributed by atoms with Crippen molar-refractivity contribution in [3.05, 3.63) is 57.2 Å². The van der Waals surface area contributed by atoms with Crippen molar-refractivity contribution < 1.29 is 10.0 Å². The van der Waals surface area contributed by atoms with Gasteiger partial charge in [0.25, 0.3) is 11.6 Å². The molecule has 0 radical (unpaired) electrons. The zero-order valence-electron chi connectivity index (χ0n) is 13.7. The Morgan fingerprint density at radius 2 is 2.00 bits per heavy atom. The van der Waals surface area contributed by atoms with Gasteiger partial charge in [-0.2, -0.15) is 14.9 Å². The highest BCUT2D eigenvalue weighted by atomic mass is 16.6. The molecule has 2 aromatic heterocycles. The number of nitrogens with zero attached hydrogens (tertiary/aromatic N) is 7. The molecule has 0 N–H and O–H groups in total. The molecule has 0 spiro atoms. The molecule has 1 aromatic carbocycles. The van der Waals surface area contributed by atoms with Crippen LogP contribution in [0.25, 0.3) is 5.95 Å². The highest BCUT2D eigenvalue weighted by Gasteiger charge is 2.14. The maximum Gasteiger partial charge on any atom is 0.273 e. The standard InChI is InChI=1S/C15H15N7O3/c1-9-7-10(2)20(19-9)15-18-17-11(3)21(15)16-8-12-5-4-6-13(14(12)23)22(24)25/h4-8,23H,1-3H3/p-1/b16-8-. The molecule has 0 saturated carbocycles. The predicted octanol–water partition coefficient (Wildman–Crippen LogP) is 1.25. The highest BCUT2D eigenvalue weighted by molar-refractivity contribution is 5.85. The topological polar surface area (TPSA) is 127 Å². The van der Waals surface area contributed by atoms with Crippen LogP contribution in [0, 0.1) is 30.9 Å². The molecule has 0 unspecified atom stereocenters. The molecule has 0 saturated heterocycles. The number of aryl methyl sites for hydroxylation is 3. The Labute approximate surface area is 142 Å². The fourth-order valence-corrected chi connectivity index (χ4v) is 2.35. The number of nitro benzene ring substituents is 1. The van der Waals surface area contributed by atoms with Gasteiger partial charge in [0.1, 0.15) is 0 Å². The molecule has 0 aliphatic rings. The van der Waals surface area contributed by atoms with Gasteiger partial charge >= 0.3 is 0 Å². The Morgan fingerprint density at radius 1 is 1.24 bits per heavy atom. The smallest absolute Gasteiger partial charge is 0.273 e. The lowest BCUT2D eigenvalue weighted by atomic mass is 10.2. The average Bonchev–Trinajstić information content (AvgIpc) is 3.07. The molecule has 0 bridgehead atoms. The lowest BCUT2D eigenvalue weighted by Crippen LogP contribution is -2.08. The van der Waals surface area contributed by atoms with E-state index in [2.05, 4.69) is 20.4 Å². The number of nitro groups is 1. The zero-order chi connectivity index (χ0) is 18.1. The molecule has 25 heavy (non-hydrogen) atoms. The monoisotopic (exact) mass is 340 g/mol. The fraction of sp³-hybridized carbons (Fsp3) is 0.200. The Hall–Kier alpha value is -3.56. The van der Waals surface area contributed by atoms with Crippen LogP contribution in [0.4, 0.5) is 5.69 Å². The van der Waals surface area contributed by atoms with Crippen molar-refractivity contribution >= 4 is 11.9 Å². The summed E-state index contributed by atoms with van der Waals surface area (Å²) in [6.45, 7) is 5.42. The van der Waals surface area contributed by atoms with E-state index in [0.29, 0.717) is 11.8 Å². The van der Waals surface area contributed by atoms with E-state index >= 15 is 0 Å². The molecule has 10 nitrogen and oxygen atoms in total. The normalized spacial score (nSPS) is 11.3. The van der Waals surface area contributed by atoms with Crippen molar-refractivity contribution in [1.29, 1.82) is 0 Å². The van der Waals surface area contributed by atoms with Gasteiger partial charge in [0.05, 0.1) is 16.8 Å². The molecule has 3 aromatic rings. The van der Waals surface area contributed by atoms with E-state index in [9.17, 15) is 15.2 Å². The first-order valence-electron chi connectivity index (χ1n) is 7.33. The van der Waals surface area contributed by atoms with Crippen molar-refractivity contribution in [3.8, 4) is 11.7 Å². The average molecular weight is 340 g/mol. The molecule has 0 aliphatic carbocycles. The molecular weight excluding hydrogens is 326 g/mol. The van der Waals surface area contributed by atoms with E-state index < -0.39 is 16.4 Å². The third-order valence-electron chi connectivity index (χ3n) is 3.51. The maximum atomic E-state index is 12.1. The fourth-order valence-electron chi connectivity index (χ4n) is 2.35. The van der Waals surface area contributed by atoms with Crippen LogP contribution in [0.15, 0.2) is 29.4 Å². The molecule has 0 atom stereocenters. The molecule has 0 fully saturated rings. The number of aromatic nitrogens is 5. The van der Waals surface area contributed by atoms with Crippen LogP contribution in [-0.2, 0) is 0 Å². The second-order valence-corrected chi connectivity index (χ2v) is 5.40. The zero-order valence-corrected chi connectivity index (χ0v) is 13.7. The summed E-state index contributed by atoms with van der Waals surface area (Å²) in [6.07, 6.45) is 1.25. The minimum absolute atomic E-state index is 0.0987. The summed E-state index contributed by atoms with van der Waals surface area (Å²) in [5.74, 6) is 0.142. The maximum absolute atomic E-state index is 12.1. The predicted molar refractivity (Wildman–Crippen MR) is 86.9 cm³/mol. The van der Waals surface area contributed by atoms with Crippen LogP contribution >= 0.6 is 0 Å². The first-order chi connectivity index (χ1) is 11.9. The highest BCUT2D eigenvalue weighted by Crippen LogP contribution is 2.25. The summed E-state index contributed by atoms with van der Waals surface area (Å²) in [6, 6.07) is 5.93. The van der Waals surface area contributed by atoms with Crippen LogP contribution in [0.1, 0.15) is 22.8 Å². The van der Waals surface area contributed by atoms with E-state index in [-0.39, 0.29) is 5.56 Å². The van der Waals surface area contributed by atoms with Crippen LogP contribution in [-0.4, -0.2) is 35.8 Å². The third kappa shape index (κ3) is 2.96. The minimum Gasteiger partial charge on any atom is -0.867 e. The van der Waals surface area contributed by atoms with Gasteiger partial charge in [-0.1, -0.05) is 12.1 Å². The summed E-state index contributed by atoms with van der Waals surface area (Å²) < 4.78 is 3.00. The van der Waals surface area contributed by atoms with E-state index in [1.807, 2.05) is 19.9 Å². The Morgan fingerprint density at radius 3 is 2.64 bits per heavy atom. The number of benzene rings is 1. The first-order valence-corrected chi connectivity index (χ1v) is 7.33. The van der Waals surface area contributed by atoms with E-state index in [0.717, 1.165) is 17.5 Å². The largest absolute Gasteiger partial charge is 0.867 e. The Bertz CT molecular complexity index is 987. The van der Waals surface area contributed by atoms with E-state index in [1.165, 1.54) is 23.0 Å². The molecule has 3 rings (SSSR count). The molecule has 10 heteroatoms. The van der Waals surface area contributed by atoms with Crippen LogP contribution in [0.5, 0.6) is 5.75 Å². The molecule has 128 valence electrons. The first kappa shape index (κ1) is 16.3. The minimum atomic E-state index is -0.717. The van der Waals surface area contributed by atoms with Crippen molar-refractivity contribution in [2.75, 3.05) is 0 Å². The van der Waals surface area contributed by atoms with Crippen molar-refractivity contribution in [1.82, 2.24) is 24.7 Å². The quantitative estimate of drug-likeness (QED) is 0.399. The number of hydrogen-bond donors (Lipinski definition) is 0. The summed E-state index contributed by atoms with van der Waals surface area (Å²) >= 11 is 0. The number of rotatable bonds is 4. The van der Waals surface area contributed by atoms with Crippen LogP contribution in [0.2, 0.25) is 0 Å². The van der Waals surface area contributed by atoms with Gasteiger partial charge in [0, 0.05) is 11.8 Å². The van der Waals surface area contributed by atoms with Gasteiger partial charge in [0.15, 0.2) is 5.82 Å². The summed E-state index contributed by atoms with van der Waals surface area (Å²) in [7, 11) is 0. The van der Waals surface area contributed by atoms with Crippen molar-refractivity contribution in [2.24, 2.45) is 5.10 Å². The van der Waals surface area contributed by atoms with Crippen molar-refractivity contribution in [2.45, 2.75) is 20.8 Å². The van der Waals surface area contributed by atoms with Crippen LogP contribution < -0.4 is 5.11 Å². The third-order valence-corrected chi connectivity index (χ3v) is 3.51. The van der Waals surface area contributed by atoms with Gasteiger partial charge in [-0.25, -0.2) is 4.68 Å². The lowest BCUT2D eigenvalue weighted by Gasteiger charge is -2.10. The Kier molecular flexibility index (Phi) is 4.01. The Balaban J connectivity index is 2.04. The van der Waals surface area contributed by atoms with Crippen molar-refractivity contribution in [3.63, 3.8) is 0 Å². The summed E-state index contributed by atoms with van der Waals surface area (Å²) in [5, 5.41) is 39.5.